The molecule has 2 aromatic heterocycles. The molecule has 126 valence electrons. The number of ether oxygens (including phenoxy) is 1. The van der Waals surface area contributed by atoms with Crippen molar-refractivity contribution in [3.63, 3.8) is 0 Å². The molecule has 1 atom stereocenters. The van der Waals surface area contributed by atoms with Crippen LogP contribution in [-0.4, -0.2) is 15.9 Å². The number of aromatic nitrogens is 2. The molecule has 0 saturated carbocycles. The van der Waals surface area contributed by atoms with Gasteiger partial charge in [-0.15, -0.1) is 0 Å². The fourth-order valence-corrected chi connectivity index (χ4v) is 2.56. The Labute approximate surface area is 141 Å². The second-order valence-electron chi connectivity index (χ2n) is 5.82. The summed E-state index contributed by atoms with van der Waals surface area (Å²) >= 11 is 0. The van der Waals surface area contributed by atoms with Crippen LogP contribution in [0.1, 0.15) is 37.6 Å². The Morgan fingerprint density at radius 1 is 1.25 bits per heavy atom. The molecule has 0 saturated heterocycles. The topological polar surface area (TPSA) is 38.6 Å². The van der Waals surface area contributed by atoms with Crippen molar-refractivity contribution in [2.45, 2.75) is 32.9 Å². The Kier molecular flexibility index (Phi) is 5.11. The van der Waals surface area contributed by atoms with E-state index in [1.807, 2.05) is 28.9 Å². The van der Waals surface area contributed by atoms with Gasteiger partial charge in [0.2, 0.25) is 0 Å². The average molecular weight is 327 g/mol. The molecule has 4 nitrogen and oxygen atoms in total. The molecule has 0 amide bonds. The summed E-state index contributed by atoms with van der Waals surface area (Å²) in [7, 11) is 0. The van der Waals surface area contributed by atoms with E-state index in [2.05, 4.69) is 24.1 Å². The maximum atomic E-state index is 13.7. The Morgan fingerprint density at radius 2 is 2.08 bits per heavy atom. The number of imidazole rings is 1. The summed E-state index contributed by atoms with van der Waals surface area (Å²) in [5, 5.41) is 3.43. The molecular formula is C19H22FN3O. The van der Waals surface area contributed by atoms with Crippen molar-refractivity contribution in [1.82, 2.24) is 14.7 Å². The summed E-state index contributed by atoms with van der Waals surface area (Å²) in [5.74, 6) is 0.389. The molecule has 1 unspecified atom stereocenters. The van der Waals surface area contributed by atoms with Crippen LogP contribution in [0.15, 0.2) is 48.8 Å². The fraction of sp³-hybridized carbons (Fsp3) is 0.316. The van der Waals surface area contributed by atoms with E-state index < -0.39 is 0 Å². The number of benzene rings is 1. The van der Waals surface area contributed by atoms with Gasteiger partial charge in [0.05, 0.1) is 5.69 Å². The Balaban J connectivity index is 1.81. The summed E-state index contributed by atoms with van der Waals surface area (Å²) < 4.78 is 21.5. The van der Waals surface area contributed by atoms with E-state index in [1.165, 1.54) is 6.07 Å². The van der Waals surface area contributed by atoms with Crippen molar-refractivity contribution in [3.8, 4) is 5.75 Å². The van der Waals surface area contributed by atoms with E-state index in [1.54, 1.807) is 18.2 Å². The minimum Gasteiger partial charge on any atom is -0.485 e. The lowest BCUT2D eigenvalue weighted by Crippen LogP contribution is -2.19. The number of hydrogen-bond donors (Lipinski definition) is 1. The number of nitrogens with zero attached hydrogens (tertiary/aromatic N) is 2. The van der Waals surface area contributed by atoms with Crippen molar-refractivity contribution in [2.75, 3.05) is 6.54 Å². The minimum atomic E-state index is -0.258. The van der Waals surface area contributed by atoms with Gasteiger partial charge in [-0.05, 0) is 38.1 Å². The molecule has 2 heterocycles. The number of fused-ring (bicyclic) bond motifs is 1. The second-order valence-corrected chi connectivity index (χ2v) is 5.82. The molecule has 3 rings (SSSR count). The molecular weight excluding hydrogens is 305 g/mol. The van der Waals surface area contributed by atoms with Gasteiger partial charge in [-0.3, -0.25) is 0 Å². The first-order chi connectivity index (χ1) is 11.7. The van der Waals surface area contributed by atoms with Gasteiger partial charge in [-0.1, -0.05) is 25.1 Å². The molecule has 24 heavy (non-hydrogen) atoms. The highest BCUT2D eigenvalue weighted by Crippen LogP contribution is 2.23. The fourth-order valence-electron chi connectivity index (χ4n) is 2.56. The summed E-state index contributed by atoms with van der Waals surface area (Å²) in [6, 6.07) is 10.6. The van der Waals surface area contributed by atoms with Crippen molar-refractivity contribution in [2.24, 2.45) is 0 Å². The predicted molar refractivity (Wildman–Crippen MR) is 92.6 cm³/mol. The molecule has 5 heteroatoms. The number of hydrogen-bond acceptors (Lipinski definition) is 3. The third-order valence-electron chi connectivity index (χ3n) is 3.95. The monoisotopic (exact) mass is 327 g/mol. The Hall–Kier alpha value is -2.40. The van der Waals surface area contributed by atoms with Gasteiger partial charge >= 0.3 is 0 Å². The summed E-state index contributed by atoms with van der Waals surface area (Å²) in [6.07, 6.45) is 5.02. The van der Waals surface area contributed by atoms with E-state index >= 15 is 0 Å². The highest BCUT2D eigenvalue weighted by Gasteiger charge is 2.12. The molecule has 0 bridgehead atoms. The van der Waals surface area contributed by atoms with Crippen LogP contribution >= 0.6 is 0 Å². The predicted octanol–water partition coefficient (Wildman–Crippen LogP) is 4.11. The highest BCUT2D eigenvalue weighted by molar-refractivity contribution is 5.54. The molecule has 0 radical (unpaired) electrons. The first kappa shape index (κ1) is 16.5. The maximum absolute atomic E-state index is 13.7. The Bertz CT molecular complexity index is 815. The lowest BCUT2D eigenvalue weighted by molar-refractivity contribution is 0.301. The van der Waals surface area contributed by atoms with Gasteiger partial charge in [0.25, 0.3) is 0 Å². The van der Waals surface area contributed by atoms with E-state index in [9.17, 15) is 4.39 Å². The number of halogens is 1. The van der Waals surface area contributed by atoms with Crippen LogP contribution in [0.2, 0.25) is 0 Å². The third-order valence-corrected chi connectivity index (χ3v) is 3.95. The van der Waals surface area contributed by atoms with E-state index in [0.717, 1.165) is 24.3 Å². The van der Waals surface area contributed by atoms with Crippen LogP contribution in [0.4, 0.5) is 4.39 Å². The zero-order valence-electron chi connectivity index (χ0n) is 14.0. The van der Waals surface area contributed by atoms with Gasteiger partial charge in [0.15, 0.2) is 11.4 Å². The van der Waals surface area contributed by atoms with Crippen molar-refractivity contribution in [1.29, 1.82) is 0 Å². The van der Waals surface area contributed by atoms with E-state index in [-0.39, 0.29) is 18.5 Å². The van der Waals surface area contributed by atoms with Crippen LogP contribution in [-0.2, 0) is 6.61 Å². The molecule has 0 fully saturated rings. The lowest BCUT2D eigenvalue weighted by atomic mass is 10.2. The quantitative estimate of drug-likeness (QED) is 0.709. The molecule has 1 aromatic carbocycles. The first-order valence-electron chi connectivity index (χ1n) is 8.26. The number of pyridine rings is 1. The van der Waals surface area contributed by atoms with Crippen LogP contribution in [0.3, 0.4) is 0 Å². The van der Waals surface area contributed by atoms with Gasteiger partial charge in [-0.25, -0.2) is 9.37 Å². The van der Waals surface area contributed by atoms with E-state index in [0.29, 0.717) is 11.3 Å². The molecule has 0 aliphatic carbocycles. The lowest BCUT2D eigenvalue weighted by Gasteiger charge is -2.09. The highest BCUT2D eigenvalue weighted by atomic mass is 19.1. The Morgan fingerprint density at radius 3 is 2.88 bits per heavy atom. The van der Waals surface area contributed by atoms with Gasteiger partial charge in [0, 0.05) is 24.0 Å². The number of nitrogens with one attached hydrogen (secondary N) is 1. The van der Waals surface area contributed by atoms with Crippen LogP contribution in [0, 0.1) is 5.82 Å². The van der Waals surface area contributed by atoms with Crippen molar-refractivity contribution < 1.29 is 9.13 Å². The molecule has 3 aromatic rings. The maximum Gasteiger partial charge on any atom is 0.180 e. The smallest absolute Gasteiger partial charge is 0.180 e. The molecule has 1 N–H and O–H groups in total. The summed E-state index contributed by atoms with van der Waals surface area (Å²) in [4.78, 5) is 4.68. The normalized spacial score (nSPS) is 12.5. The third kappa shape index (κ3) is 3.57. The summed E-state index contributed by atoms with van der Waals surface area (Å²) in [5.41, 5.74) is 2.24. The van der Waals surface area contributed by atoms with Crippen molar-refractivity contribution >= 4 is 5.65 Å². The van der Waals surface area contributed by atoms with Gasteiger partial charge in [-0.2, -0.15) is 0 Å². The van der Waals surface area contributed by atoms with Gasteiger partial charge in [0.1, 0.15) is 12.4 Å². The second kappa shape index (κ2) is 7.45. The zero-order chi connectivity index (χ0) is 16.9. The van der Waals surface area contributed by atoms with Crippen molar-refractivity contribution in [3.05, 3.63) is 65.9 Å². The number of rotatable bonds is 7. The molecule has 0 spiro atoms. The average Bonchev–Trinajstić information content (AvgIpc) is 3.04. The first-order valence-corrected chi connectivity index (χ1v) is 8.26. The SMILES string of the molecule is CCCNC(C)c1cn2cccc(OCc3ccccc3F)c2n1. The summed E-state index contributed by atoms with van der Waals surface area (Å²) in [6.45, 7) is 5.36. The van der Waals surface area contributed by atoms with Crippen LogP contribution in [0.5, 0.6) is 5.75 Å². The molecule has 0 aliphatic rings. The van der Waals surface area contributed by atoms with E-state index in [4.69, 9.17) is 4.74 Å². The van der Waals surface area contributed by atoms with Crippen LogP contribution < -0.4 is 10.1 Å². The minimum absolute atomic E-state index is 0.171. The van der Waals surface area contributed by atoms with Crippen LogP contribution in [0.25, 0.3) is 5.65 Å². The van der Waals surface area contributed by atoms with Gasteiger partial charge < -0.3 is 14.5 Å². The zero-order valence-corrected chi connectivity index (χ0v) is 14.0. The molecule has 0 aliphatic heterocycles. The largest absolute Gasteiger partial charge is 0.485 e. The standard InChI is InChI=1S/C19H22FN3O/c1-3-10-21-14(2)17-12-23-11-6-9-18(19(23)22-17)24-13-15-7-4-5-8-16(15)20/h4-9,11-12,14,21H,3,10,13H2,1-2H3.